The lowest BCUT2D eigenvalue weighted by Gasteiger charge is -2.17. The number of esters is 1. The van der Waals surface area contributed by atoms with Gasteiger partial charge in [0.2, 0.25) is 0 Å². The zero-order chi connectivity index (χ0) is 11.1. The van der Waals surface area contributed by atoms with E-state index in [1.807, 2.05) is 20.8 Å². The summed E-state index contributed by atoms with van der Waals surface area (Å²) in [5.41, 5.74) is 0. The maximum Gasteiger partial charge on any atom is 0.308 e. The number of carbonyl (C=O) groups excluding carboxylic acids is 1. The van der Waals surface area contributed by atoms with Crippen molar-refractivity contribution in [3.05, 3.63) is 0 Å². The Morgan fingerprint density at radius 2 is 1.86 bits per heavy atom. The first-order valence-electron chi connectivity index (χ1n) is 5.32. The summed E-state index contributed by atoms with van der Waals surface area (Å²) in [6, 6.07) is 0. The minimum absolute atomic E-state index is 0.0660. The van der Waals surface area contributed by atoms with Crippen LogP contribution < -0.4 is 0 Å². The Kier molecular flexibility index (Phi) is 6.54. The highest BCUT2D eigenvalue weighted by atomic mass is 16.5. The van der Waals surface area contributed by atoms with Crippen LogP contribution in [0.1, 0.15) is 40.5 Å². The molecule has 0 aliphatic heterocycles. The van der Waals surface area contributed by atoms with Gasteiger partial charge in [0.05, 0.1) is 18.6 Å². The van der Waals surface area contributed by atoms with E-state index < -0.39 is 0 Å². The van der Waals surface area contributed by atoms with E-state index in [9.17, 15) is 4.79 Å². The first kappa shape index (κ1) is 13.4. The predicted molar refractivity (Wildman–Crippen MR) is 55.9 cm³/mol. The molecule has 1 N–H and O–H groups in total. The molecule has 0 saturated heterocycles. The number of rotatable bonds is 6. The van der Waals surface area contributed by atoms with Crippen molar-refractivity contribution in [3.63, 3.8) is 0 Å². The van der Waals surface area contributed by atoms with Gasteiger partial charge >= 0.3 is 5.97 Å². The summed E-state index contributed by atoms with van der Waals surface area (Å²) in [6.07, 6.45) is 1.23. The van der Waals surface area contributed by atoms with Crippen LogP contribution in [0.4, 0.5) is 0 Å². The van der Waals surface area contributed by atoms with Gasteiger partial charge in [-0.15, -0.1) is 0 Å². The number of aliphatic hydroxyl groups is 1. The lowest BCUT2D eigenvalue weighted by Crippen LogP contribution is -2.19. The summed E-state index contributed by atoms with van der Waals surface area (Å²) >= 11 is 0. The molecule has 0 aromatic heterocycles. The number of aliphatic hydroxyl groups excluding tert-OH is 1. The Balaban J connectivity index is 3.80. The van der Waals surface area contributed by atoms with Crippen molar-refractivity contribution in [2.24, 2.45) is 11.8 Å². The van der Waals surface area contributed by atoms with Crippen LogP contribution in [0.2, 0.25) is 0 Å². The number of hydrogen-bond donors (Lipinski definition) is 1. The first-order valence-corrected chi connectivity index (χ1v) is 5.32. The third-order valence-corrected chi connectivity index (χ3v) is 2.19. The molecule has 84 valence electrons. The Morgan fingerprint density at radius 1 is 1.29 bits per heavy atom. The topological polar surface area (TPSA) is 46.5 Å². The van der Waals surface area contributed by atoms with Crippen molar-refractivity contribution in [3.8, 4) is 0 Å². The fraction of sp³-hybridized carbons (Fsp3) is 0.909. The van der Waals surface area contributed by atoms with Crippen LogP contribution in [-0.4, -0.2) is 23.8 Å². The number of hydrogen-bond acceptors (Lipinski definition) is 3. The highest BCUT2D eigenvalue weighted by molar-refractivity contribution is 5.71. The lowest BCUT2D eigenvalue weighted by atomic mass is 9.93. The molecule has 0 bridgehead atoms. The maximum absolute atomic E-state index is 11.3. The molecule has 0 amide bonds. The van der Waals surface area contributed by atoms with Crippen molar-refractivity contribution in [1.82, 2.24) is 0 Å². The third-order valence-electron chi connectivity index (χ3n) is 2.19. The summed E-state index contributed by atoms with van der Waals surface area (Å²) in [6.45, 7) is 7.93. The van der Waals surface area contributed by atoms with Crippen LogP contribution in [0, 0.1) is 11.8 Å². The van der Waals surface area contributed by atoms with Gasteiger partial charge in [-0.05, 0) is 32.6 Å². The average molecular weight is 202 g/mol. The second kappa shape index (κ2) is 6.82. The normalized spacial score (nSPS) is 17.2. The Labute approximate surface area is 86.5 Å². The summed E-state index contributed by atoms with van der Waals surface area (Å²) in [5, 5.41) is 9.16. The summed E-state index contributed by atoms with van der Waals surface area (Å²) in [5.74, 6) is 0.156. The van der Waals surface area contributed by atoms with Gasteiger partial charge in [0, 0.05) is 0 Å². The van der Waals surface area contributed by atoms with E-state index in [-0.39, 0.29) is 18.0 Å². The van der Waals surface area contributed by atoms with Gasteiger partial charge in [-0.3, -0.25) is 4.79 Å². The molecule has 0 aromatic carbocycles. The van der Waals surface area contributed by atoms with Gasteiger partial charge in [-0.1, -0.05) is 13.8 Å². The van der Waals surface area contributed by atoms with E-state index in [1.54, 1.807) is 6.92 Å². The zero-order valence-corrected chi connectivity index (χ0v) is 9.62. The fourth-order valence-electron chi connectivity index (χ4n) is 1.66. The van der Waals surface area contributed by atoms with Crippen molar-refractivity contribution >= 4 is 5.97 Å². The molecule has 3 heteroatoms. The number of ether oxygens (including phenoxy) is 1. The Morgan fingerprint density at radius 3 is 2.29 bits per heavy atom. The minimum Gasteiger partial charge on any atom is -0.466 e. The van der Waals surface area contributed by atoms with Crippen LogP contribution in [0.25, 0.3) is 0 Å². The van der Waals surface area contributed by atoms with E-state index in [1.165, 1.54) is 0 Å². The smallest absolute Gasteiger partial charge is 0.308 e. The maximum atomic E-state index is 11.3. The summed E-state index contributed by atoms with van der Waals surface area (Å²) in [7, 11) is 0. The summed E-state index contributed by atoms with van der Waals surface area (Å²) in [4.78, 5) is 11.3. The minimum atomic E-state index is -0.292. The SMILES string of the molecule is CCOC(=O)[C@H](C)C[C@H](C)C[C@H](C)O. The van der Waals surface area contributed by atoms with Gasteiger partial charge < -0.3 is 9.84 Å². The van der Waals surface area contributed by atoms with Gasteiger partial charge in [0.25, 0.3) is 0 Å². The lowest BCUT2D eigenvalue weighted by molar-refractivity contribution is -0.148. The fourth-order valence-corrected chi connectivity index (χ4v) is 1.66. The quantitative estimate of drug-likeness (QED) is 0.670. The molecular weight excluding hydrogens is 180 g/mol. The molecule has 3 atom stereocenters. The molecule has 3 nitrogen and oxygen atoms in total. The van der Waals surface area contributed by atoms with Crippen molar-refractivity contribution < 1.29 is 14.6 Å². The Bertz CT molecular complexity index is 166. The van der Waals surface area contributed by atoms with Crippen LogP contribution in [0.3, 0.4) is 0 Å². The van der Waals surface area contributed by atoms with E-state index >= 15 is 0 Å². The first-order chi connectivity index (χ1) is 6.47. The molecule has 0 heterocycles. The van der Waals surface area contributed by atoms with Gasteiger partial charge in [-0.25, -0.2) is 0 Å². The molecule has 0 fully saturated rings. The second-order valence-corrected chi connectivity index (χ2v) is 4.08. The largest absolute Gasteiger partial charge is 0.466 e. The third kappa shape index (κ3) is 5.97. The molecule has 0 radical (unpaired) electrons. The van der Waals surface area contributed by atoms with Gasteiger partial charge in [-0.2, -0.15) is 0 Å². The molecule has 14 heavy (non-hydrogen) atoms. The van der Waals surface area contributed by atoms with Gasteiger partial charge in [0.1, 0.15) is 0 Å². The molecule has 0 aliphatic rings. The van der Waals surface area contributed by atoms with E-state index in [0.29, 0.717) is 12.5 Å². The van der Waals surface area contributed by atoms with Crippen LogP contribution in [0.15, 0.2) is 0 Å². The monoisotopic (exact) mass is 202 g/mol. The van der Waals surface area contributed by atoms with E-state index in [2.05, 4.69) is 0 Å². The Hall–Kier alpha value is -0.570. The molecular formula is C11H22O3. The predicted octanol–water partition coefficient (Wildman–Crippen LogP) is 1.98. The van der Waals surface area contributed by atoms with Crippen molar-refractivity contribution in [1.29, 1.82) is 0 Å². The highest BCUT2D eigenvalue weighted by Gasteiger charge is 2.18. The van der Waals surface area contributed by atoms with Crippen LogP contribution in [-0.2, 0) is 9.53 Å². The van der Waals surface area contributed by atoms with Crippen molar-refractivity contribution in [2.75, 3.05) is 6.61 Å². The van der Waals surface area contributed by atoms with Crippen LogP contribution >= 0.6 is 0 Å². The number of carbonyl (C=O) groups is 1. The zero-order valence-electron chi connectivity index (χ0n) is 9.62. The highest BCUT2D eigenvalue weighted by Crippen LogP contribution is 2.17. The van der Waals surface area contributed by atoms with Gasteiger partial charge in [0.15, 0.2) is 0 Å². The standard InChI is InChI=1S/C11H22O3/c1-5-14-11(13)9(3)6-8(2)7-10(4)12/h8-10,12H,5-7H2,1-4H3/t8-,9+,10-/m0/s1. The second-order valence-electron chi connectivity index (χ2n) is 4.08. The van der Waals surface area contributed by atoms with Crippen LogP contribution in [0.5, 0.6) is 0 Å². The van der Waals surface area contributed by atoms with E-state index in [0.717, 1.165) is 12.8 Å². The molecule has 0 aromatic rings. The molecule has 0 rings (SSSR count). The summed E-state index contributed by atoms with van der Waals surface area (Å²) < 4.78 is 4.91. The average Bonchev–Trinajstić information content (AvgIpc) is 2.02. The molecule has 0 unspecified atom stereocenters. The van der Waals surface area contributed by atoms with Crippen molar-refractivity contribution in [2.45, 2.75) is 46.6 Å². The van der Waals surface area contributed by atoms with E-state index in [4.69, 9.17) is 9.84 Å². The molecule has 0 saturated carbocycles. The molecule has 0 aliphatic carbocycles. The molecule has 0 spiro atoms.